The summed E-state index contributed by atoms with van der Waals surface area (Å²) in [6.07, 6.45) is 0. The number of nitrogens with zero attached hydrogens (tertiary/aromatic N) is 1. The van der Waals surface area contributed by atoms with Gasteiger partial charge in [-0.15, -0.1) is 0 Å². The zero-order valence-corrected chi connectivity index (χ0v) is 6.10. The average Bonchev–Trinajstić information content (AvgIpc) is 2.03. The first-order valence-electron chi connectivity index (χ1n) is 3.16. The van der Waals surface area contributed by atoms with Crippen LogP contribution in [0.5, 0.6) is 0 Å². The van der Waals surface area contributed by atoms with Gasteiger partial charge in [0, 0.05) is 17.8 Å². The van der Waals surface area contributed by atoms with Gasteiger partial charge in [-0.05, 0) is 11.5 Å². The van der Waals surface area contributed by atoms with Crippen molar-refractivity contribution in [2.24, 2.45) is 0 Å². The lowest BCUT2D eigenvalue weighted by molar-refractivity contribution is -0.384. The smallest absolute Gasteiger partial charge is 0.327 e. The molecule has 0 heterocycles. The minimum atomic E-state index is -0.566. The second-order valence-electron chi connectivity index (χ2n) is 2.24. The van der Waals surface area contributed by atoms with Gasteiger partial charge in [0.25, 0.3) is 5.69 Å². The molecule has 1 aromatic carbocycles. The van der Waals surface area contributed by atoms with Crippen LogP contribution in [0.15, 0.2) is 18.2 Å². The van der Waals surface area contributed by atoms with Crippen LogP contribution in [-0.4, -0.2) is 17.4 Å². The summed E-state index contributed by atoms with van der Waals surface area (Å²) in [5, 5.41) is 18.8. The molecule has 61 valence electrons. The SMILES string of the molecule is Nc1cc([B]O)cc([N+](=O)[O-])c1. The molecule has 0 aliphatic rings. The van der Waals surface area contributed by atoms with Gasteiger partial charge in [0.05, 0.1) is 4.92 Å². The lowest BCUT2D eigenvalue weighted by Gasteiger charge is -1.97. The molecule has 0 atom stereocenters. The third-order valence-electron chi connectivity index (χ3n) is 1.32. The Balaban J connectivity index is 3.15. The quantitative estimate of drug-likeness (QED) is 0.265. The van der Waals surface area contributed by atoms with Gasteiger partial charge in [-0.2, -0.15) is 0 Å². The van der Waals surface area contributed by atoms with Crippen molar-refractivity contribution in [3.8, 4) is 0 Å². The molecule has 0 amide bonds. The van der Waals surface area contributed by atoms with Crippen LogP contribution >= 0.6 is 0 Å². The van der Waals surface area contributed by atoms with Gasteiger partial charge in [0.2, 0.25) is 0 Å². The van der Waals surface area contributed by atoms with Crippen molar-refractivity contribution in [3.05, 3.63) is 28.3 Å². The van der Waals surface area contributed by atoms with Crippen LogP contribution in [0.3, 0.4) is 0 Å². The number of benzene rings is 1. The highest BCUT2D eigenvalue weighted by Crippen LogP contribution is 2.12. The molecule has 0 fully saturated rings. The molecular formula is C6H6BN2O3. The first-order chi connectivity index (χ1) is 5.63. The molecule has 0 saturated heterocycles. The zero-order valence-electron chi connectivity index (χ0n) is 6.10. The normalized spacial score (nSPS) is 9.42. The van der Waals surface area contributed by atoms with Crippen LogP contribution in [0, 0.1) is 10.1 Å². The summed E-state index contributed by atoms with van der Waals surface area (Å²) in [6.45, 7) is 0. The molecule has 12 heavy (non-hydrogen) atoms. The second kappa shape index (κ2) is 3.23. The summed E-state index contributed by atoms with van der Waals surface area (Å²) >= 11 is 0. The van der Waals surface area contributed by atoms with E-state index in [2.05, 4.69) is 0 Å². The molecule has 0 unspecified atom stereocenters. The molecule has 0 aromatic heterocycles. The third kappa shape index (κ3) is 1.73. The monoisotopic (exact) mass is 165 g/mol. The highest BCUT2D eigenvalue weighted by Gasteiger charge is 2.07. The molecule has 6 heteroatoms. The maximum atomic E-state index is 10.3. The largest absolute Gasteiger partial charge is 0.450 e. The number of rotatable bonds is 2. The van der Waals surface area contributed by atoms with Crippen molar-refractivity contribution >= 4 is 24.3 Å². The number of nitrogens with two attached hydrogens (primary N) is 1. The van der Waals surface area contributed by atoms with Gasteiger partial charge in [-0.25, -0.2) is 0 Å². The molecule has 1 rings (SSSR count). The van der Waals surface area contributed by atoms with Crippen LogP contribution in [0.2, 0.25) is 0 Å². The van der Waals surface area contributed by atoms with Crippen LogP contribution in [0.4, 0.5) is 11.4 Å². The van der Waals surface area contributed by atoms with E-state index >= 15 is 0 Å². The van der Waals surface area contributed by atoms with Crippen LogP contribution < -0.4 is 11.2 Å². The number of nitro benzene ring substituents is 1. The number of hydrogen-bond donors (Lipinski definition) is 2. The first-order valence-corrected chi connectivity index (χ1v) is 3.16. The van der Waals surface area contributed by atoms with Gasteiger partial charge in [-0.3, -0.25) is 10.1 Å². The van der Waals surface area contributed by atoms with E-state index in [0.29, 0.717) is 5.46 Å². The zero-order chi connectivity index (χ0) is 9.14. The molecule has 3 N–H and O–H groups in total. The molecule has 0 saturated carbocycles. The fraction of sp³-hybridized carbons (Fsp3) is 0. The summed E-state index contributed by atoms with van der Waals surface area (Å²) in [5.41, 5.74) is 5.78. The topological polar surface area (TPSA) is 89.4 Å². The lowest BCUT2D eigenvalue weighted by atomic mass is 9.88. The molecule has 1 radical (unpaired) electrons. The van der Waals surface area contributed by atoms with Crippen molar-refractivity contribution < 1.29 is 9.95 Å². The summed E-state index contributed by atoms with van der Waals surface area (Å²) in [5.74, 6) is 0. The molecular weight excluding hydrogens is 159 g/mol. The van der Waals surface area contributed by atoms with Crippen molar-refractivity contribution in [2.45, 2.75) is 0 Å². The van der Waals surface area contributed by atoms with Crippen LogP contribution in [-0.2, 0) is 0 Å². The van der Waals surface area contributed by atoms with E-state index in [1.54, 1.807) is 0 Å². The summed E-state index contributed by atoms with van der Waals surface area (Å²) in [4.78, 5) is 9.71. The molecule has 0 aliphatic heterocycles. The Hall–Kier alpha value is -1.56. The summed E-state index contributed by atoms with van der Waals surface area (Å²) in [6, 6.07) is 3.90. The van der Waals surface area contributed by atoms with Crippen LogP contribution in [0.1, 0.15) is 0 Å². The van der Waals surface area contributed by atoms with Gasteiger partial charge in [-0.1, -0.05) is 0 Å². The van der Waals surface area contributed by atoms with E-state index in [9.17, 15) is 10.1 Å². The number of nitro groups is 1. The number of hydrogen-bond acceptors (Lipinski definition) is 4. The Morgan fingerprint density at radius 2 is 2.17 bits per heavy atom. The van der Waals surface area contributed by atoms with E-state index in [-0.39, 0.29) is 11.4 Å². The second-order valence-corrected chi connectivity index (χ2v) is 2.24. The standard InChI is InChI=1S/C6H6BN2O3/c8-5-1-4(7-10)2-6(3-5)9(11)12/h1-3,10H,8H2. The molecule has 0 aliphatic carbocycles. The first kappa shape index (κ1) is 8.54. The van der Waals surface area contributed by atoms with Crippen molar-refractivity contribution in [3.63, 3.8) is 0 Å². The summed E-state index contributed by atoms with van der Waals surface area (Å²) < 4.78 is 0. The molecule has 0 bridgehead atoms. The van der Waals surface area contributed by atoms with E-state index in [1.165, 1.54) is 18.2 Å². The number of nitrogen functional groups attached to an aromatic ring is 1. The Bertz CT molecular complexity index is 316. The predicted octanol–water partition coefficient (Wildman–Crippen LogP) is -0.586. The number of non-ortho nitro benzene ring substituents is 1. The average molecular weight is 165 g/mol. The highest BCUT2D eigenvalue weighted by molar-refractivity contribution is 6.45. The fourth-order valence-corrected chi connectivity index (χ4v) is 0.839. The Morgan fingerprint density at radius 3 is 2.67 bits per heavy atom. The van der Waals surface area contributed by atoms with Gasteiger partial charge in [0.15, 0.2) is 0 Å². The fourth-order valence-electron chi connectivity index (χ4n) is 0.839. The van der Waals surface area contributed by atoms with Crippen LogP contribution in [0.25, 0.3) is 0 Å². The number of anilines is 1. The maximum absolute atomic E-state index is 10.3. The van der Waals surface area contributed by atoms with E-state index in [0.717, 1.165) is 7.48 Å². The molecule has 0 spiro atoms. The lowest BCUT2D eigenvalue weighted by Crippen LogP contribution is -2.14. The molecule has 5 nitrogen and oxygen atoms in total. The summed E-state index contributed by atoms with van der Waals surface area (Å²) in [7, 11) is 0.767. The van der Waals surface area contributed by atoms with E-state index in [1.807, 2.05) is 0 Å². The highest BCUT2D eigenvalue weighted by atomic mass is 16.6. The van der Waals surface area contributed by atoms with Gasteiger partial charge in [0.1, 0.15) is 0 Å². The Kier molecular flexibility index (Phi) is 2.30. The Labute approximate surface area is 69.2 Å². The maximum Gasteiger partial charge on any atom is 0.327 e. The van der Waals surface area contributed by atoms with Gasteiger partial charge >= 0.3 is 7.48 Å². The predicted molar refractivity (Wildman–Crippen MR) is 45.1 cm³/mol. The van der Waals surface area contributed by atoms with Crippen molar-refractivity contribution in [1.29, 1.82) is 0 Å². The molecule has 1 aromatic rings. The minimum absolute atomic E-state index is 0.129. The van der Waals surface area contributed by atoms with Crippen molar-refractivity contribution in [1.82, 2.24) is 0 Å². The Morgan fingerprint density at radius 1 is 1.50 bits per heavy atom. The third-order valence-corrected chi connectivity index (χ3v) is 1.32. The minimum Gasteiger partial charge on any atom is -0.450 e. The van der Waals surface area contributed by atoms with Crippen molar-refractivity contribution in [2.75, 3.05) is 5.73 Å². The van der Waals surface area contributed by atoms with E-state index in [4.69, 9.17) is 10.8 Å². The van der Waals surface area contributed by atoms with E-state index < -0.39 is 4.92 Å². The van der Waals surface area contributed by atoms with Gasteiger partial charge < -0.3 is 10.8 Å².